The van der Waals surface area contributed by atoms with E-state index in [0.717, 1.165) is 0 Å². The highest BCUT2D eigenvalue weighted by Gasteiger charge is 2.04. The van der Waals surface area contributed by atoms with Crippen LogP contribution in [0.5, 0.6) is 0 Å². The molecule has 0 saturated carbocycles. The molecule has 0 amide bonds. The fourth-order valence-corrected chi connectivity index (χ4v) is 1.84. The van der Waals surface area contributed by atoms with Gasteiger partial charge in [0, 0.05) is 0 Å². The van der Waals surface area contributed by atoms with Crippen LogP contribution in [0.25, 0.3) is 11.1 Å². The van der Waals surface area contributed by atoms with Crippen LogP contribution in [0, 0.1) is 26.8 Å². The minimum absolute atomic E-state index is 1.21. The molecule has 75 valence electrons. The largest absolute Gasteiger partial charge is 0.0610 e. The van der Waals surface area contributed by atoms with Crippen molar-refractivity contribution in [3.63, 3.8) is 0 Å². The monoisotopic (exact) mass is 195 g/mol. The molecule has 0 spiro atoms. The van der Waals surface area contributed by atoms with E-state index in [-0.39, 0.29) is 0 Å². The highest BCUT2D eigenvalue weighted by atomic mass is 14.1. The Morgan fingerprint density at radius 3 is 2.47 bits per heavy atom. The van der Waals surface area contributed by atoms with Crippen molar-refractivity contribution in [2.45, 2.75) is 20.8 Å². The molecule has 0 fully saturated rings. The van der Waals surface area contributed by atoms with Gasteiger partial charge in [-0.25, -0.2) is 0 Å². The molecule has 0 aliphatic carbocycles. The van der Waals surface area contributed by atoms with E-state index in [2.05, 4.69) is 51.1 Å². The topological polar surface area (TPSA) is 0 Å². The molecule has 2 aromatic rings. The Bertz CT molecular complexity index is 481. The third-order valence-corrected chi connectivity index (χ3v) is 2.75. The lowest BCUT2D eigenvalue weighted by atomic mass is 9.95. The summed E-state index contributed by atoms with van der Waals surface area (Å²) in [5, 5.41) is 0. The van der Waals surface area contributed by atoms with Crippen LogP contribution in [0.15, 0.2) is 36.4 Å². The summed E-state index contributed by atoms with van der Waals surface area (Å²) >= 11 is 0. The second-order valence-electron chi connectivity index (χ2n) is 4.03. The predicted molar refractivity (Wildman–Crippen MR) is 64.9 cm³/mol. The van der Waals surface area contributed by atoms with Gasteiger partial charge in [-0.15, -0.1) is 0 Å². The van der Waals surface area contributed by atoms with Gasteiger partial charge >= 0.3 is 0 Å². The van der Waals surface area contributed by atoms with Crippen LogP contribution in [-0.4, -0.2) is 0 Å². The first-order valence-electron chi connectivity index (χ1n) is 5.23. The van der Waals surface area contributed by atoms with Gasteiger partial charge in [0.2, 0.25) is 0 Å². The van der Waals surface area contributed by atoms with Crippen molar-refractivity contribution in [2.24, 2.45) is 0 Å². The van der Waals surface area contributed by atoms with Crippen LogP contribution in [0.1, 0.15) is 16.7 Å². The Kier molecular flexibility index (Phi) is 2.59. The normalized spacial score (nSPS) is 10.3. The van der Waals surface area contributed by atoms with Crippen molar-refractivity contribution in [3.05, 3.63) is 59.2 Å². The van der Waals surface area contributed by atoms with Gasteiger partial charge in [0.25, 0.3) is 0 Å². The summed E-state index contributed by atoms with van der Waals surface area (Å²) in [6.07, 6.45) is 0. The first-order chi connectivity index (χ1) is 7.18. The van der Waals surface area contributed by atoms with Gasteiger partial charge < -0.3 is 0 Å². The van der Waals surface area contributed by atoms with E-state index < -0.39 is 0 Å². The minimum Gasteiger partial charge on any atom is -0.0610 e. The Labute approximate surface area is 91.6 Å². The number of aryl methyl sites for hydroxylation is 3. The maximum Gasteiger partial charge on any atom is -0.0146 e. The maximum atomic E-state index is 3.25. The average Bonchev–Trinajstić information content (AvgIpc) is 2.23. The van der Waals surface area contributed by atoms with Crippen LogP contribution < -0.4 is 0 Å². The molecule has 0 N–H and O–H groups in total. The Hall–Kier alpha value is -1.56. The summed E-state index contributed by atoms with van der Waals surface area (Å²) in [6.45, 7) is 6.39. The summed E-state index contributed by atoms with van der Waals surface area (Å²) in [7, 11) is 0. The molecule has 15 heavy (non-hydrogen) atoms. The van der Waals surface area contributed by atoms with Gasteiger partial charge in [0.1, 0.15) is 0 Å². The molecule has 1 radical (unpaired) electrons. The van der Waals surface area contributed by atoms with Gasteiger partial charge in [0.05, 0.1) is 0 Å². The van der Waals surface area contributed by atoms with Crippen LogP contribution in [0.3, 0.4) is 0 Å². The molecule has 0 aliphatic heterocycles. The number of benzene rings is 2. The molecular formula is C15H15. The van der Waals surface area contributed by atoms with Gasteiger partial charge in [-0.3, -0.25) is 0 Å². The second-order valence-corrected chi connectivity index (χ2v) is 4.03. The molecule has 2 rings (SSSR count). The van der Waals surface area contributed by atoms with Crippen molar-refractivity contribution in [3.8, 4) is 11.1 Å². The molecule has 0 bridgehead atoms. The van der Waals surface area contributed by atoms with Gasteiger partial charge in [-0.1, -0.05) is 42.0 Å². The fraction of sp³-hybridized carbons (Fsp3) is 0.200. The number of hydrogen-bond acceptors (Lipinski definition) is 0. The minimum atomic E-state index is 1.21. The third kappa shape index (κ3) is 1.94. The lowest BCUT2D eigenvalue weighted by Crippen LogP contribution is -1.87. The van der Waals surface area contributed by atoms with Crippen molar-refractivity contribution in [1.29, 1.82) is 0 Å². The van der Waals surface area contributed by atoms with Crippen LogP contribution in [0.2, 0.25) is 0 Å². The van der Waals surface area contributed by atoms with Gasteiger partial charge in [-0.2, -0.15) is 0 Å². The van der Waals surface area contributed by atoms with E-state index in [1.807, 2.05) is 12.1 Å². The quantitative estimate of drug-likeness (QED) is 0.643. The first kappa shape index (κ1) is 9.97. The summed E-state index contributed by atoms with van der Waals surface area (Å²) in [5.41, 5.74) is 6.46. The maximum absolute atomic E-state index is 3.25. The van der Waals surface area contributed by atoms with Crippen molar-refractivity contribution in [2.75, 3.05) is 0 Å². The molecule has 0 unspecified atom stereocenters. The van der Waals surface area contributed by atoms with Crippen LogP contribution in [-0.2, 0) is 0 Å². The molecule has 0 aliphatic rings. The first-order valence-corrected chi connectivity index (χ1v) is 5.23. The van der Waals surface area contributed by atoms with E-state index in [1.54, 1.807) is 0 Å². The highest BCUT2D eigenvalue weighted by molar-refractivity contribution is 5.70. The van der Waals surface area contributed by atoms with Crippen LogP contribution >= 0.6 is 0 Å². The summed E-state index contributed by atoms with van der Waals surface area (Å²) < 4.78 is 0. The summed E-state index contributed by atoms with van der Waals surface area (Å²) in [6, 6.07) is 16.0. The third-order valence-electron chi connectivity index (χ3n) is 2.75. The van der Waals surface area contributed by atoms with E-state index in [1.165, 1.54) is 27.8 Å². The molecule has 0 saturated heterocycles. The lowest BCUT2D eigenvalue weighted by Gasteiger charge is -2.09. The Morgan fingerprint density at radius 2 is 1.73 bits per heavy atom. The molecular weight excluding hydrogens is 180 g/mol. The fourth-order valence-electron chi connectivity index (χ4n) is 1.84. The number of rotatable bonds is 1. The summed E-state index contributed by atoms with van der Waals surface area (Å²) in [4.78, 5) is 0. The second kappa shape index (κ2) is 3.90. The summed E-state index contributed by atoms with van der Waals surface area (Å²) in [5.74, 6) is 0. The zero-order chi connectivity index (χ0) is 10.8. The molecule has 2 aromatic carbocycles. The van der Waals surface area contributed by atoms with Crippen LogP contribution in [0.4, 0.5) is 0 Å². The Balaban J connectivity index is 2.64. The molecule has 0 heteroatoms. The number of hydrogen-bond donors (Lipinski definition) is 0. The highest BCUT2D eigenvalue weighted by Crippen LogP contribution is 2.26. The zero-order valence-electron chi connectivity index (χ0n) is 9.46. The standard InChI is InChI=1S/C15H15/c1-11-8-9-13(3)15(10-11)14-7-5-4-6-12(14)2/h4-5,7-10H,1-3H3. The molecule has 0 aromatic heterocycles. The van der Waals surface area contributed by atoms with Crippen molar-refractivity contribution in [1.82, 2.24) is 0 Å². The van der Waals surface area contributed by atoms with Gasteiger partial charge in [0.15, 0.2) is 0 Å². The molecule has 0 atom stereocenters. The van der Waals surface area contributed by atoms with Gasteiger partial charge in [-0.05, 0) is 49.1 Å². The SMILES string of the molecule is Cc1ccc(C)c(-c2ccc[c]c2C)c1. The van der Waals surface area contributed by atoms with E-state index in [9.17, 15) is 0 Å². The van der Waals surface area contributed by atoms with E-state index in [4.69, 9.17) is 0 Å². The predicted octanol–water partition coefficient (Wildman–Crippen LogP) is 4.08. The van der Waals surface area contributed by atoms with Crippen molar-refractivity contribution < 1.29 is 0 Å². The van der Waals surface area contributed by atoms with E-state index in [0.29, 0.717) is 0 Å². The lowest BCUT2D eigenvalue weighted by molar-refractivity contribution is 1.37. The average molecular weight is 195 g/mol. The Morgan fingerprint density at radius 1 is 0.933 bits per heavy atom. The van der Waals surface area contributed by atoms with Crippen molar-refractivity contribution >= 4 is 0 Å². The zero-order valence-corrected chi connectivity index (χ0v) is 9.46. The smallest absolute Gasteiger partial charge is 0.0146 e. The van der Waals surface area contributed by atoms with E-state index >= 15 is 0 Å². The molecule has 0 nitrogen and oxygen atoms in total. The molecule has 0 heterocycles.